The van der Waals surface area contributed by atoms with E-state index in [9.17, 15) is 9.82 Å². The Balaban J connectivity index is 1.56. The fourth-order valence-electron chi connectivity index (χ4n) is 2.86. The second-order valence-corrected chi connectivity index (χ2v) is 6.53. The molecule has 1 heterocycles. The number of hydrogen-bond acceptors (Lipinski definition) is 6. The molecule has 0 saturated heterocycles. The molecule has 0 bridgehead atoms. The molecule has 0 atom stereocenters. The third kappa shape index (κ3) is 3.54. The highest BCUT2D eigenvalue weighted by molar-refractivity contribution is 6.61. The fraction of sp³-hybridized carbons (Fsp3) is 0.316. The Kier molecular flexibility index (Phi) is 4.57. The average Bonchev–Trinajstić information content (AvgIpc) is 3.42. The van der Waals surface area contributed by atoms with E-state index in [0.29, 0.717) is 41.9 Å². The first kappa shape index (κ1) is 16.9. The summed E-state index contributed by atoms with van der Waals surface area (Å²) in [5.41, 5.74) is 2.03. The van der Waals surface area contributed by atoms with Gasteiger partial charge in [-0.3, -0.25) is 0 Å². The van der Waals surface area contributed by atoms with Crippen LogP contribution in [0.2, 0.25) is 0 Å². The Labute approximate surface area is 151 Å². The lowest BCUT2D eigenvalue weighted by Gasteiger charge is -2.13. The van der Waals surface area contributed by atoms with Crippen molar-refractivity contribution >= 4 is 18.6 Å². The van der Waals surface area contributed by atoms with Gasteiger partial charge in [0.2, 0.25) is 0 Å². The van der Waals surface area contributed by atoms with Crippen molar-refractivity contribution in [3.05, 3.63) is 47.5 Å². The molecule has 7 heteroatoms. The Morgan fingerprint density at radius 3 is 2.77 bits per heavy atom. The molecule has 4 rings (SSSR count). The molecule has 1 aliphatic heterocycles. The number of fused-ring (bicyclic) bond motifs is 1. The monoisotopic (exact) mass is 354 g/mol. The zero-order valence-corrected chi connectivity index (χ0v) is 14.4. The topological polar surface area (TPSA) is 74.2 Å². The van der Waals surface area contributed by atoms with Crippen molar-refractivity contribution in [3.63, 3.8) is 0 Å². The molecule has 2 aromatic carbocycles. The summed E-state index contributed by atoms with van der Waals surface area (Å²) in [4.78, 5) is 11.9. The predicted octanol–water partition coefficient (Wildman–Crippen LogP) is 2.27. The number of benzene rings is 2. The summed E-state index contributed by atoms with van der Waals surface area (Å²) in [6.45, 7) is 0.937. The Hall–Kier alpha value is -2.51. The molecule has 2 aliphatic rings. The van der Waals surface area contributed by atoms with Gasteiger partial charge in [-0.25, -0.2) is 4.79 Å². The molecule has 1 aliphatic carbocycles. The van der Waals surface area contributed by atoms with Crippen molar-refractivity contribution in [2.45, 2.75) is 19.4 Å². The van der Waals surface area contributed by atoms with Crippen LogP contribution >= 0.6 is 0 Å². The van der Waals surface area contributed by atoms with Crippen molar-refractivity contribution < 1.29 is 28.7 Å². The Bertz CT molecular complexity index is 833. The van der Waals surface area contributed by atoms with Gasteiger partial charge in [0, 0.05) is 6.07 Å². The number of ether oxygens (including phenoxy) is 3. The van der Waals surface area contributed by atoms with E-state index in [1.54, 1.807) is 30.3 Å². The number of carbonyl (C=O) groups excluding carboxylic acids is 1. The fourth-order valence-corrected chi connectivity index (χ4v) is 2.86. The molecule has 0 spiro atoms. The molecule has 1 saturated carbocycles. The number of rotatable bonds is 6. The van der Waals surface area contributed by atoms with Crippen LogP contribution in [-0.4, -0.2) is 31.8 Å². The van der Waals surface area contributed by atoms with Gasteiger partial charge in [-0.05, 0) is 54.1 Å². The van der Waals surface area contributed by atoms with Gasteiger partial charge >= 0.3 is 13.1 Å². The molecule has 26 heavy (non-hydrogen) atoms. The maximum absolute atomic E-state index is 11.9. The minimum absolute atomic E-state index is 0.352. The van der Waals surface area contributed by atoms with Gasteiger partial charge in [-0.2, -0.15) is 0 Å². The first-order valence-electron chi connectivity index (χ1n) is 8.59. The quantitative estimate of drug-likeness (QED) is 0.634. The third-order valence-electron chi connectivity index (χ3n) is 4.54. The van der Waals surface area contributed by atoms with E-state index < -0.39 is 13.1 Å². The van der Waals surface area contributed by atoms with E-state index in [4.69, 9.17) is 18.9 Å². The van der Waals surface area contributed by atoms with Crippen molar-refractivity contribution in [2.75, 3.05) is 13.7 Å². The van der Waals surface area contributed by atoms with Gasteiger partial charge in [0.1, 0.15) is 22.8 Å². The molecule has 134 valence electrons. The van der Waals surface area contributed by atoms with Crippen molar-refractivity contribution in [3.8, 4) is 17.2 Å². The van der Waals surface area contributed by atoms with Gasteiger partial charge in [0.05, 0.1) is 20.3 Å². The SMILES string of the molecule is COC(=O)c1ccc(Oc2ccc3c(c2)COB3O)cc1OCC1CC1. The zero-order chi connectivity index (χ0) is 18.1. The molecule has 0 radical (unpaired) electrons. The lowest BCUT2D eigenvalue weighted by atomic mass is 9.80. The summed E-state index contributed by atoms with van der Waals surface area (Å²) < 4.78 is 21.7. The largest absolute Gasteiger partial charge is 0.492 e. The van der Waals surface area contributed by atoms with Crippen LogP contribution in [0, 0.1) is 5.92 Å². The van der Waals surface area contributed by atoms with E-state index in [-0.39, 0.29) is 0 Å². The van der Waals surface area contributed by atoms with Crippen molar-refractivity contribution in [2.24, 2.45) is 5.92 Å². The van der Waals surface area contributed by atoms with Crippen LogP contribution in [0.3, 0.4) is 0 Å². The Morgan fingerprint density at radius 2 is 2.00 bits per heavy atom. The van der Waals surface area contributed by atoms with Crippen molar-refractivity contribution in [1.29, 1.82) is 0 Å². The number of methoxy groups -OCH3 is 1. The van der Waals surface area contributed by atoms with E-state index in [1.165, 1.54) is 7.11 Å². The molecule has 2 aromatic rings. The standard InChI is InChI=1S/C19H19BO6/c1-23-19(21)16-6-4-15(9-18(16)24-10-12-2-3-12)26-14-5-7-17-13(8-14)11-25-20(17)22/h4-9,12,22H,2-3,10-11H2,1H3. The number of carbonyl (C=O) groups is 1. The van der Waals surface area contributed by atoms with Crippen LogP contribution in [0.4, 0.5) is 0 Å². The summed E-state index contributed by atoms with van der Waals surface area (Å²) in [5, 5.41) is 9.69. The van der Waals surface area contributed by atoms with E-state index >= 15 is 0 Å². The van der Waals surface area contributed by atoms with Gasteiger partial charge < -0.3 is 23.9 Å². The summed E-state index contributed by atoms with van der Waals surface area (Å²) >= 11 is 0. The summed E-state index contributed by atoms with van der Waals surface area (Å²) in [7, 11) is 0.471. The summed E-state index contributed by atoms with van der Waals surface area (Å²) in [6.07, 6.45) is 2.32. The van der Waals surface area contributed by atoms with Crippen LogP contribution in [0.25, 0.3) is 0 Å². The molecule has 1 N–H and O–H groups in total. The number of hydrogen-bond donors (Lipinski definition) is 1. The highest BCUT2D eigenvalue weighted by Crippen LogP contribution is 2.33. The highest BCUT2D eigenvalue weighted by Gasteiger charge is 2.27. The lowest BCUT2D eigenvalue weighted by molar-refractivity contribution is 0.0595. The van der Waals surface area contributed by atoms with Gasteiger partial charge in [-0.1, -0.05) is 6.07 Å². The normalized spacial score (nSPS) is 15.5. The molecular formula is C19H19BO6. The highest BCUT2D eigenvalue weighted by atomic mass is 16.5. The smallest absolute Gasteiger partial charge is 0.491 e. The van der Waals surface area contributed by atoms with E-state index in [2.05, 4.69) is 0 Å². The summed E-state index contributed by atoms with van der Waals surface area (Å²) in [5.74, 6) is 1.77. The van der Waals surface area contributed by atoms with E-state index in [1.807, 2.05) is 6.07 Å². The Morgan fingerprint density at radius 1 is 1.23 bits per heavy atom. The minimum Gasteiger partial charge on any atom is -0.492 e. The maximum Gasteiger partial charge on any atom is 0.491 e. The van der Waals surface area contributed by atoms with Gasteiger partial charge in [0.15, 0.2) is 0 Å². The van der Waals surface area contributed by atoms with Crippen LogP contribution in [0.15, 0.2) is 36.4 Å². The molecule has 6 nitrogen and oxygen atoms in total. The zero-order valence-electron chi connectivity index (χ0n) is 14.4. The number of esters is 1. The molecule has 1 fully saturated rings. The first-order valence-corrected chi connectivity index (χ1v) is 8.59. The molecule has 0 aromatic heterocycles. The minimum atomic E-state index is -0.874. The molecular weight excluding hydrogens is 335 g/mol. The van der Waals surface area contributed by atoms with Crippen LogP contribution in [0.1, 0.15) is 28.8 Å². The first-order chi connectivity index (χ1) is 12.6. The van der Waals surface area contributed by atoms with Gasteiger partial charge in [0.25, 0.3) is 0 Å². The van der Waals surface area contributed by atoms with E-state index in [0.717, 1.165) is 23.9 Å². The van der Waals surface area contributed by atoms with Crippen LogP contribution in [0.5, 0.6) is 17.2 Å². The second kappa shape index (κ2) is 7.01. The predicted molar refractivity (Wildman–Crippen MR) is 94.9 cm³/mol. The van der Waals surface area contributed by atoms with Crippen molar-refractivity contribution in [1.82, 2.24) is 0 Å². The van der Waals surface area contributed by atoms with Crippen LogP contribution < -0.4 is 14.9 Å². The van der Waals surface area contributed by atoms with Gasteiger partial charge in [-0.15, -0.1) is 0 Å². The molecule has 0 amide bonds. The maximum atomic E-state index is 11.9. The molecule has 0 unspecified atom stereocenters. The summed E-state index contributed by atoms with van der Waals surface area (Å²) in [6, 6.07) is 10.4. The second-order valence-electron chi connectivity index (χ2n) is 6.53. The average molecular weight is 354 g/mol. The third-order valence-corrected chi connectivity index (χ3v) is 4.54. The van der Waals surface area contributed by atoms with Crippen LogP contribution in [-0.2, 0) is 16.0 Å². The lowest BCUT2D eigenvalue weighted by Crippen LogP contribution is -2.27.